The lowest BCUT2D eigenvalue weighted by Gasteiger charge is -2.34. The fraction of sp³-hybridized carbons (Fsp3) is 0.878. The van der Waals surface area contributed by atoms with Gasteiger partial charge in [0.1, 0.15) is 12.6 Å². The third-order valence-corrected chi connectivity index (χ3v) is 9.15. The molecule has 8 heteroatoms. The second-order valence-electron chi connectivity index (χ2n) is 14.9. The zero-order valence-corrected chi connectivity index (χ0v) is 32.6. The Bertz CT molecular complexity index is 823. The summed E-state index contributed by atoms with van der Waals surface area (Å²) in [7, 11) is 5.40. The molecule has 0 bridgehead atoms. The molecule has 0 fully saturated rings. The number of esters is 2. The Balaban J connectivity index is 4.38. The molecule has 0 N–H and O–H groups in total. The van der Waals surface area contributed by atoms with Gasteiger partial charge in [-0.25, -0.2) is 0 Å². The average molecular weight is 696 g/mol. The summed E-state index contributed by atoms with van der Waals surface area (Å²) in [6.45, 7) is 4.62. The van der Waals surface area contributed by atoms with E-state index in [1.54, 1.807) is 21.1 Å². The molecule has 0 radical (unpaired) electrons. The lowest BCUT2D eigenvalue weighted by atomic mass is 10.0. The van der Waals surface area contributed by atoms with Crippen LogP contribution in [0.1, 0.15) is 181 Å². The highest BCUT2D eigenvalue weighted by Gasteiger charge is 2.25. The predicted molar refractivity (Wildman–Crippen MR) is 199 cm³/mol. The van der Waals surface area contributed by atoms with Crippen LogP contribution >= 0.6 is 0 Å². The van der Waals surface area contributed by atoms with E-state index >= 15 is 0 Å². The van der Waals surface area contributed by atoms with Gasteiger partial charge in [-0.15, -0.1) is 0 Å². The predicted octanol–water partition coefficient (Wildman–Crippen LogP) is 9.02. The summed E-state index contributed by atoms with van der Waals surface area (Å²) >= 11 is 0. The first-order valence-electron chi connectivity index (χ1n) is 20.2. The summed E-state index contributed by atoms with van der Waals surface area (Å²) in [6, 6.07) is -0.721. The minimum atomic E-state index is -1.12. The fourth-order valence-corrected chi connectivity index (χ4v) is 5.93. The normalized spacial score (nSPS) is 13.1. The zero-order valence-electron chi connectivity index (χ0n) is 32.6. The molecule has 8 nitrogen and oxygen atoms in total. The van der Waals surface area contributed by atoms with Crippen LogP contribution in [0.25, 0.3) is 0 Å². The minimum Gasteiger partial charge on any atom is -0.544 e. The quantitative estimate of drug-likeness (QED) is 0.0279. The van der Waals surface area contributed by atoms with E-state index in [4.69, 9.17) is 14.2 Å². The molecule has 49 heavy (non-hydrogen) atoms. The summed E-state index contributed by atoms with van der Waals surface area (Å²) in [5.74, 6) is -1.74. The number of carboxylic acid groups (broad SMARTS) is 1. The van der Waals surface area contributed by atoms with Crippen molar-refractivity contribution < 1.29 is 38.2 Å². The van der Waals surface area contributed by atoms with Crippen LogP contribution in [-0.4, -0.2) is 75.5 Å². The lowest BCUT2D eigenvalue weighted by molar-refractivity contribution is -0.889. The van der Waals surface area contributed by atoms with Crippen LogP contribution < -0.4 is 5.11 Å². The van der Waals surface area contributed by atoms with E-state index in [1.165, 1.54) is 96.3 Å². The first kappa shape index (κ1) is 47.1. The molecule has 0 aliphatic rings. The van der Waals surface area contributed by atoms with Crippen LogP contribution in [0.4, 0.5) is 0 Å². The monoisotopic (exact) mass is 696 g/mol. The number of hydrogen-bond donors (Lipinski definition) is 0. The number of rotatable bonds is 36. The second-order valence-corrected chi connectivity index (χ2v) is 14.9. The third-order valence-electron chi connectivity index (χ3n) is 9.15. The first-order chi connectivity index (χ1) is 23.6. The van der Waals surface area contributed by atoms with Gasteiger partial charge in [-0.3, -0.25) is 9.59 Å². The van der Waals surface area contributed by atoms with E-state index in [-0.39, 0.29) is 42.7 Å². The maximum Gasteiger partial charge on any atom is 0.306 e. The van der Waals surface area contributed by atoms with Gasteiger partial charge in [0.15, 0.2) is 6.10 Å². The Hall–Kier alpha value is -1.93. The smallest absolute Gasteiger partial charge is 0.306 e. The van der Waals surface area contributed by atoms with E-state index in [0.29, 0.717) is 12.8 Å². The average Bonchev–Trinajstić information content (AvgIpc) is 3.05. The van der Waals surface area contributed by atoms with Crippen LogP contribution in [0.2, 0.25) is 0 Å². The Morgan fingerprint density at radius 2 is 1.04 bits per heavy atom. The van der Waals surface area contributed by atoms with Crippen molar-refractivity contribution in [1.29, 1.82) is 0 Å². The molecule has 2 unspecified atom stereocenters. The minimum absolute atomic E-state index is 0.0432. The van der Waals surface area contributed by atoms with Crippen molar-refractivity contribution in [2.45, 2.75) is 193 Å². The highest BCUT2D eigenvalue weighted by atomic mass is 16.6. The highest BCUT2D eigenvalue weighted by molar-refractivity contribution is 5.70. The van der Waals surface area contributed by atoms with Crippen LogP contribution in [0.5, 0.6) is 0 Å². The van der Waals surface area contributed by atoms with Crippen LogP contribution in [0.3, 0.4) is 0 Å². The molecule has 0 aromatic rings. The van der Waals surface area contributed by atoms with Gasteiger partial charge in [0.05, 0.1) is 40.3 Å². The number of unbranched alkanes of at least 4 members (excludes halogenated alkanes) is 20. The summed E-state index contributed by atoms with van der Waals surface area (Å²) < 4.78 is 17.1. The highest BCUT2D eigenvalue weighted by Crippen LogP contribution is 2.15. The molecule has 0 amide bonds. The number of aliphatic carboxylic acids is 1. The van der Waals surface area contributed by atoms with Gasteiger partial charge < -0.3 is 28.6 Å². The Morgan fingerprint density at radius 1 is 0.592 bits per heavy atom. The molecule has 0 saturated carbocycles. The number of allylic oxidation sites excluding steroid dienone is 2. The third kappa shape index (κ3) is 31.8. The molecule has 0 aromatic carbocycles. The van der Waals surface area contributed by atoms with Crippen molar-refractivity contribution in [1.82, 2.24) is 0 Å². The number of ether oxygens (including phenoxy) is 3. The maximum absolute atomic E-state index is 12.7. The lowest BCUT2D eigenvalue weighted by Crippen LogP contribution is -2.55. The number of carbonyl (C=O) groups excluding carboxylic acids is 3. The molecule has 0 saturated heterocycles. The molecule has 0 rings (SSSR count). The molecule has 0 heterocycles. The fourth-order valence-electron chi connectivity index (χ4n) is 5.93. The van der Waals surface area contributed by atoms with E-state index in [9.17, 15) is 19.5 Å². The van der Waals surface area contributed by atoms with Crippen molar-refractivity contribution >= 4 is 17.9 Å². The summed E-state index contributed by atoms with van der Waals surface area (Å²) in [4.78, 5) is 36.7. The SMILES string of the molecule is CCCC/C=C/CCCCCCCC(=O)OCC(COCCC(C(=O)[O-])[N+](C)(C)C)OC(=O)CCCCCCCCCCCCCCCC. The van der Waals surface area contributed by atoms with Gasteiger partial charge in [-0.05, 0) is 32.1 Å². The number of carbonyl (C=O) groups is 3. The summed E-state index contributed by atoms with van der Waals surface area (Å²) in [6.07, 6.45) is 32.3. The maximum atomic E-state index is 12.7. The topological polar surface area (TPSA) is 102 Å². The van der Waals surface area contributed by atoms with Crippen molar-refractivity contribution in [3.8, 4) is 0 Å². The number of quaternary nitrogens is 1. The van der Waals surface area contributed by atoms with Gasteiger partial charge in [0.2, 0.25) is 0 Å². The zero-order chi connectivity index (χ0) is 36.4. The molecule has 0 spiro atoms. The standard InChI is InChI=1S/C41H77NO7/c1-6-8-10-12-14-16-18-19-20-22-24-26-28-30-32-40(44)49-37(35-47-34-33-38(41(45)46)42(3,4)5)36-48-39(43)31-29-27-25-23-21-17-15-13-11-9-7-2/h13,15,37-38H,6-12,14,16-36H2,1-5H3/b15-13+. The van der Waals surface area contributed by atoms with Gasteiger partial charge in [-0.1, -0.05) is 142 Å². The second kappa shape index (κ2) is 33.2. The van der Waals surface area contributed by atoms with E-state index in [0.717, 1.165) is 51.4 Å². The van der Waals surface area contributed by atoms with E-state index < -0.39 is 18.1 Å². The summed E-state index contributed by atoms with van der Waals surface area (Å²) in [5.41, 5.74) is 0. The molecule has 288 valence electrons. The van der Waals surface area contributed by atoms with E-state index in [1.807, 2.05) is 0 Å². The Kier molecular flexibility index (Phi) is 31.9. The van der Waals surface area contributed by atoms with Crippen LogP contribution in [-0.2, 0) is 28.6 Å². The molecular formula is C41H77NO7. The van der Waals surface area contributed by atoms with Gasteiger partial charge in [-0.2, -0.15) is 0 Å². The Labute approximate surface area is 301 Å². The number of carboxylic acids is 1. The molecule has 0 aliphatic carbocycles. The first-order valence-corrected chi connectivity index (χ1v) is 20.2. The van der Waals surface area contributed by atoms with Gasteiger partial charge in [0, 0.05) is 19.3 Å². The summed E-state index contributed by atoms with van der Waals surface area (Å²) in [5, 5.41) is 11.6. The van der Waals surface area contributed by atoms with Crippen molar-refractivity contribution in [3.63, 3.8) is 0 Å². The van der Waals surface area contributed by atoms with Gasteiger partial charge in [0.25, 0.3) is 0 Å². The van der Waals surface area contributed by atoms with Crippen molar-refractivity contribution in [3.05, 3.63) is 12.2 Å². The van der Waals surface area contributed by atoms with Crippen molar-refractivity contribution in [2.75, 3.05) is 41.0 Å². The Morgan fingerprint density at radius 3 is 1.53 bits per heavy atom. The molecule has 0 aromatic heterocycles. The number of likely N-dealkylation sites (N-methyl/N-ethyl adjacent to an activating group) is 1. The molecule has 0 aliphatic heterocycles. The molecule has 2 atom stereocenters. The number of hydrogen-bond acceptors (Lipinski definition) is 7. The number of nitrogens with zero attached hydrogens (tertiary/aromatic N) is 1. The largest absolute Gasteiger partial charge is 0.544 e. The van der Waals surface area contributed by atoms with Crippen LogP contribution in [0.15, 0.2) is 12.2 Å². The van der Waals surface area contributed by atoms with E-state index in [2.05, 4.69) is 26.0 Å². The van der Waals surface area contributed by atoms with Crippen molar-refractivity contribution in [2.24, 2.45) is 0 Å². The molecular weight excluding hydrogens is 618 g/mol. The van der Waals surface area contributed by atoms with Crippen LogP contribution in [0, 0.1) is 0 Å². The van der Waals surface area contributed by atoms with Gasteiger partial charge >= 0.3 is 11.9 Å².